The molecule has 0 saturated carbocycles. The van der Waals surface area contributed by atoms with Gasteiger partial charge >= 0.3 is 0 Å². The first-order valence-electron chi connectivity index (χ1n) is 9.90. The van der Waals surface area contributed by atoms with Crippen LogP contribution >= 0.6 is 0 Å². The molecule has 0 N–H and O–H groups in total. The summed E-state index contributed by atoms with van der Waals surface area (Å²) in [5, 5.41) is 0. The number of halogens is 1. The maximum atomic E-state index is 13.0. The Morgan fingerprint density at radius 3 is 2.45 bits per heavy atom. The van der Waals surface area contributed by atoms with Crippen molar-refractivity contribution < 1.29 is 13.9 Å². The fraction of sp³-hybridized carbons (Fsp3) is 0.273. The van der Waals surface area contributed by atoms with E-state index in [1.165, 1.54) is 24.4 Å². The van der Waals surface area contributed by atoms with Gasteiger partial charge in [-0.15, -0.1) is 0 Å². The Hall–Kier alpha value is -3.75. The van der Waals surface area contributed by atoms with Crippen LogP contribution in [-0.2, 0) is 13.7 Å². The molecule has 3 heterocycles. The van der Waals surface area contributed by atoms with Gasteiger partial charge in [0.25, 0.3) is 5.91 Å². The smallest absolute Gasteiger partial charge is 0.270 e. The van der Waals surface area contributed by atoms with Crippen LogP contribution < -0.4 is 15.1 Å². The minimum absolute atomic E-state index is 0.131. The lowest BCUT2D eigenvalue weighted by Gasteiger charge is -2.34. The highest BCUT2D eigenvalue weighted by Gasteiger charge is 2.25. The van der Waals surface area contributed by atoms with Crippen LogP contribution in [0.25, 0.3) is 0 Å². The van der Waals surface area contributed by atoms with E-state index >= 15 is 0 Å². The Labute approximate surface area is 178 Å². The first kappa shape index (κ1) is 20.5. The first-order chi connectivity index (χ1) is 15.0. The van der Waals surface area contributed by atoms with Gasteiger partial charge in [-0.1, -0.05) is 12.1 Å². The van der Waals surface area contributed by atoms with E-state index in [2.05, 4.69) is 9.97 Å². The van der Waals surface area contributed by atoms with Crippen molar-refractivity contribution in [1.82, 2.24) is 19.4 Å². The number of hydrogen-bond acceptors (Lipinski definition) is 6. The second-order valence-electron chi connectivity index (χ2n) is 7.24. The van der Waals surface area contributed by atoms with E-state index in [0.29, 0.717) is 37.8 Å². The van der Waals surface area contributed by atoms with E-state index in [1.807, 2.05) is 4.90 Å². The number of anilines is 1. The molecule has 0 bridgehead atoms. The van der Waals surface area contributed by atoms with Gasteiger partial charge in [0.1, 0.15) is 18.1 Å². The van der Waals surface area contributed by atoms with Gasteiger partial charge in [-0.25, -0.2) is 14.4 Å². The molecule has 160 valence electrons. The lowest BCUT2D eigenvalue weighted by Crippen LogP contribution is -2.49. The van der Waals surface area contributed by atoms with Crippen LogP contribution in [0.3, 0.4) is 0 Å². The molecule has 1 aliphatic rings. The van der Waals surface area contributed by atoms with Crippen molar-refractivity contribution in [2.75, 3.05) is 31.1 Å². The molecule has 1 aromatic carbocycles. The van der Waals surface area contributed by atoms with E-state index < -0.39 is 0 Å². The highest BCUT2D eigenvalue weighted by molar-refractivity contribution is 5.92. The summed E-state index contributed by atoms with van der Waals surface area (Å²) in [4.78, 5) is 37.7. The number of aromatic nitrogens is 3. The summed E-state index contributed by atoms with van der Waals surface area (Å²) in [5.74, 6) is 0.233. The predicted octanol–water partition coefficient (Wildman–Crippen LogP) is 1.86. The molecule has 8 nitrogen and oxygen atoms in total. The number of benzene rings is 1. The largest absolute Gasteiger partial charge is 0.483 e. The van der Waals surface area contributed by atoms with Gasteiger partial charge < -0.3 is 19.1 Å². The van der Waals surface area contributed by atoms with Crippen molar-refractivity contribution in [3.05, 3.63) is 82.3 Å². The topological polar surface area (TPSA) is 80.6 Å². The number of nitrogens with zero attached hydrogens (tertiary/aromatic N) is 5. The standard InChI is InChI=1S/C22H22FN5O3/c1-26-14-20(31-15-16-3-5-17(23)6-4-16)19(29)13-18(26)21(30)27-9-11-28(12-10-27)22-24-7-2-8-25-22/h2-8,13-14H,9-12,15H2,1H3. The van der Waals surface area contributed by atoms with Crippen LogP contribution in [0.15, 0.2) is 59.8 Å². The van der Waals surface area contributed by atoms with Crippen molar-refractivity contribution >= 4 is 11.9 Å². The summed E-state index contributed by atoms with van der Waals surface area (Å²) < 4.78 is 20.2. The predicted molar refractivity (Wildman–Crippen MR) is 113 cm³/mol. The van der Waals surface area contributed by atoms with Crippen molar-refractivity contribution in [3.63, 3.8) is 0 Å². The van der Waals surface area contributed by atoms with Crippen molar-refractivity contribution in [1.29, 1.82) is 0 Å². The fourth-order valence-electron chi connectivity index (χ4n) is 3.39. The van der Waals surface area contributed by atoms with Gasteiger partial charge in [0, 0.05) is 51.7 Å². The number of ether oxygens (including phenoxy) is 1. The molecule has 0 atom stereocenters. The van der Waals surface area contributed by atoms with Crippen LogP contribution in [-0.4, -0.2) is 51.5 Å². The molecule has 31 heavy (non-hydrogen) atoms. The van der Waals surface area contributed by atoms with E-state index in [-0.39, 0.29) is 29.5 Å². The molecular weight excluding hydrogens is 401 g/mol. The number of carbonyl (C=O) groups is 1. The summed E-state index contributed by atoms with van der Waals surface area (Å²) in [6, 6.07) is 8.92. The van der Waals surface area contributed by atoms with E-state index in [1.54, 1.807) is 47.1 Å². The summed E-state index contributed by atoms with van der Waals surface area (Å²) in [6.45, 7) is 2.37. The van der Waals surface area contributed by atoms with E-state index in [4.69, 9.17) is 4.74 Å². The molecule has 1 saturated heterocycles. The van der Waals surface area contributed by atoms with E-state index in [9.17, 15) is 14.0 Å². The molecule has 2 aromatic heterocycles. The van der Waals surface area contributed by atoms with Crippen LogP contribution in [0.1, 0.15) is 16.1 Å². The first-order valence-corrected chi connectivity index (χ1v) is 9.90. The van der Waals surface area contributed by atoms with Crippen molar-refractivity contribution in [2.24, 2.45) is 7.05 Å². The number of pyridine rings is 1. The second-order valence-corrected chi connectivity index (χ2v) is 7.24. The number of carbonyl (C=O) groups excluding carboxylic acids is 1. The second kappa shape index (κ2) is 8.95. The van der Waals surface area contributed by atoms with Crippen LogP contribution in [0, 0.1) is 5.82 Å². The average Bonchev–Trinajstić information content (AvgIpc) is 2.80. The fourth-order valence-corrected chi connectivity index (χ4v) is 3.39. The lowest BCUT2D eigenvalue weighted by atomic mass is 10.2. The molecule has 1 amide bonds. The summed E-state index contributed by atoms with van der Waals surface area (Å²) in [5.41, 5.74) is 0.660. The summed E-state index contributed by atoms with van der Waals surface area (Å²) >= 11 is 0. The number of aryl methyl sites for hydroxylation is 1. The molecule has 0 unspecified atom stereocenters. The molecular formula is C22H22FN5O3. The molecule has 4 rings (SSSR count). The lowest BCUT2D eigenvalue weighted by molar-refractivity contribution is 0.0735. The Balaban J connectivity index is 1.41. The average molecular weight is 423 g/mol. The zero-order valence-corrected chi connectivity index (χ0v) is 17.1. The Morgan fingerprint density at radius 2 is 1.77 bits per heavy atom. The zero-order chi connectivity index (χ0) is 21.8. The maximum Gasteiger partial charge on any atom is 0.270 e. The molecule has 0 aliphatic carbocycles. The minimum Gasteiger partial charge on any atom is -0.483 e. The SMILES string of the molecule is Cn1cc(OCc2ccc(F)cc2)c(=O)cc1C(=O)N1CCN(c2ncccn2)CC1. The number of rotatable bonds is 5. The third-order valence-electron chi connectivity index (χ3n) is 5.13. The van der Waals surface area contributed by atoms with Crippen molar-refractivity contribution in [2.45, 2.75) is 6.61 Å². The monoisotopic (exact) mass is 423 g/mol. The van der Waals surface area contributed by atoms with E-state index in [0.717, 1.165) is 5.56 Å². The molecule has 1 aliphatic heterocycles. The highest BCUT2D eigenvalue weighted by Crippen LogP contribution is 2.14. The van der Waals surface area contributed by atoms with Gasteiger partial charge in [0.15, 0.2) is 5.75 Å². The van der Waals surface area contributed by atoms with Crippen LogP contribution in [0.2, 0.25) is 0 Å². The summed E-state index contributed by atoms with van der Waals surface area (Å²) in [7, 11) is 1.70. The van der Waals surface area contributed by atoms with Gasteiger partial charge in [-0.05, 0) is 23.8 Å². The Morgan fingerprint density at radius 1 is 1.10 bits per heavy atom. The number of piperazine rings is 1. The third kappa shape index (κ3) is 4.71. The van der Waals surface area contributed by atoms with Gasteiger partial charge in [-0.3, -0.25) is 9.59 Å². The quantitative estimate of drug-likeness (QED) is 0.623. The molecule has 0 spiro atoms. The molecule has 1 fully saturated rings. The molecule has 0 radical (unpaired) electrons. The van der Waals surface area contributed by atoms with Gasteiger partial charge in [0.2, 0.25) is 11.4 Å². The van der Waals surface area contributed by atoms with Gasteiger partial charge in [-0.2, -0.15) is 0 Å². The Kier molecular flexibility index (Phi) is 5.92. The maximum absolute atomic E-state index is 13.0. The highest BCUT2D eigenvalue weighted by atomic mass is 19.1. The van der Waals surface area contributed by atoms with Crippen molar-refractivity contribution in [3.8, 4) is 5.75 Å². The zero-order valence-electron chi connectivity index (χ0n) is 17.1. The Bertz CT molecular complexity index is 1110. The third-order valence-corrected chi connectivity index (χ3v) is 5.13. The van der Waals surface area contributed by atoms with Gasteiger partial charge in [0.05, 0.1) is 6.20 Å². The normalized spacial score (nSPS) is 13.9. The van der Waals surface area contributed by atoms with Crippen LogP contribution in [0.5, 0.6) is 5.75 Å². The number of amides is 1. The van der Waals surface area contributed by atoms with Crippen LogP contribution in [0.4, 0.5) is 10.3 Å². The number of hydrogen-bond donors (Lipinski definition) is 0. The molecule has 3 aromatic rings. The summed E-state index contributed by atoms with van der Waals surface area (Å²) in [6.07, 6.45) is 4.89. The molecule has 9 heteroatoms. The minimum atomic E-state index is -0.375.